The van der Waals surface area contributed by atoms with Crippen LogP contribution in [0.3, 0.4) is 0 Å². The van der Waals surface area contributed by atoms with Crippen molar-refractivity contribution >= 4 is 45.4 Å². The molecule has 11 heteroatoms. The summed E-state index contributed by atoms with van der Waals surface area (Å²) in [6.07, 6.45) is 0.604. The summed E-state index contributed by atoms with van der Waals surface area (Å²) in [5.41, 5.74) is 0. The first-order valence-electron chi connectivity index (χ1n) is 6.14. The molecule has 2 aromatic heterocycles. The second kappa shape index (κ2) is 8.23. The zero-order chi connectivity index (χ0) is 15.5. The molecule has 0 radical (unpaired) electrons. The van der Waals surface area contributed by atoms with Crippen LogP contribution in [0.2, 0.25) is 4.34 Å². The molecule has 0 saturated heterocycles. The minimum Gasteiger partial charge on any atom is -0.338 e. The fourth-order valence-electron chi connectivity index (χ4n) is 1.49. The maximum Gasteiger partial charge on any atom is 0.250 e. The molecular weight excluding hydrogens is 371 g/mol. The van der Waals surface area contributed by atoms with Crippen LogP contribution in [0, 0.1) is 0 Å². The van der Waals surface area contributed by atoms with Crippen molar-refractivity contribution in [1.82, 2.24) is 20.2 Å². The standard InChI is InChI=1S/C11H15ClN4O3S2.ClH/c1-7(13-2)5-9-15-10(19-16-9)6-14-21(17,18)11-4-3-8(12)20-11;/h3-4,7,13-14H,5-6H2,1-2H3;1H. The first-order valence-corrected chi connectivity index (χ1v) is 8.82. The van der Waals surface area contributed by atoms with E-state index in [1.165, 1.54) is 12.1 Å². The van der Waals surface area contributed by atoms with Crippen molar-refractivity contribution in [1.29, 1.82) is 0 Å². The molecule has 1 unspecified atom stereocenters. The highest BCUT2D eigenvalue weighted by Crippen LogP contribution is 2.25. The van der Waals surface area contributed by atoms with Crippen LogP contribution in [0.15, 0.2) is 20.9 Å². The van der Waals surface area contributed by atoms with Gasteiger partial charge in [0.2, 0.25) is 5.89 Å². The third-order valence-corrected chi connectivity index (χ3v) is 5.84. The van der Waals surface area contributed by atoms with Gasteiger partial charge in [0.05, 0.1) is 10.9 Å². The molecule has 2 rings (SSSR count). The molecular formula is C11H16Cl2N4O3S2. The van der Waals surface area contributed by atoms with E-state index in [9.17, 15) is 8.42 Å². The molecule has 2 N–H and O–H groups in total. The molecule has 0 fully saturated rings. The van der Waals surface area contributed by atoms with E-state index in [0.29, 0.717) is 16.6 Å². The van der Waals surface area contributed by atoms with E-state index in [4.69, 9.17) is 16.1 Å². The molecule has 1 atom stereocenters. The lowest BCUT2D eigenvalue weighted by molar-refractivity contribution is 0.368. The van der Waals surface area contributed by atoms with Crippen LogP contribution in [0.4, 0.5) is 0 Å². The summed E-state index contributed by atoms with van der Waals surface area (Å²) < 4.78 is 31.9. The van der Waals surface area contributed by atoms with Crippen molar-refractivity contribution in [2.75, 3.05) is 7.05 Å². The van der Waals surface area contributed by atoms with E-state index in [1.807, 2.05) is 14.0 Å². The minimum atomic E-state index is -3.61. The predicted octanol–water partition coefficient (Wildman–Crippen LogP) is 1.84. The molecule has 0 amide bonds. The highest BCUT2D eigenvalue weighted by atomic mass is 35.5. The average Bonchev–Trinajstić information content (AvgIpc) is 3.06. The van der Waals surface area contributed by atoms with Gasteiger partial charge in [0.1, 0.15) is 4.21 Å². The van der Waals surface area contributed by atoms with Gasteiger partial charge in [0.15, 0.2) is 5.82 Å². The van der Waals surface area contributed by atoms with E-state index >= 15 is 0 Å². The van der Waals surface area contributed by atoms with Crippen LogP contribution in [-0.2, 0) is 23.0 Å². The Morgan fingerprint density at radius 3 is 2.77 bits per heavy atom. The summed E-state index contributed by atoms with van der Waals surface area (Å²) in [5.74, 6) is 0.754. The summed E-state index contributed by atoms with van der Waals surface area (Å²) in [6, 6.07) is 3.19. The normalized spacial score (nSPS) is 12.9. The maximum atomic E-state index is 12.0. The molecule has 22 heavy (non-hydrogen) atoms. The van der Waals surface area contributed by atoms with Gasteiger partial charge in [-0.3, -0.25) is 0 Å². The molecule has 0 aliphatic heterocycles. The number of nitrogens with one attached hydrogen (secondary N) is 2. The summed E-state index contributed by atoms with van der Waals surface area (Å²) in [4.78, 5) is 4.13. The Hall–Kier alpha value is -0.710. The quantitative estimate of drug-likeness (QED) is 0.753. The zero-order valence-electron chi connectivity index (χ0n) is 11.9. The fraction of sp³-hybridized carbons (Fsp3) is 0.455. The van der Waals surface area contributed by atoms with Gasteiger partial charge in [-0.05, 0) is 26.1 Å². The zero-order valence-corrected chi connectivity index (χ0v) is 15.1. The van der Waals surface area contributed by atoms with Crippen LogP contribution >= 0.6 is 35.3 Å². The Kier molecular flexibility index (Phi) is 7.23. The highest BCUT2D eigenvalue weighted by Gasteiger charge is 2.18. The molecule has 124 valence electrons. The van der Waals surface area contributed by atoms with E-state index in [0.717, 1.165) is 11.3 Å². The second-order valence-electron chi connectivity index (χ2n) is 4.38. The Bertz CT molecular complexity index is 702. The fourth-order valence-corrected chi connectivity index (χ4v) is 3.99. The van der Waals surface area contributed by atoms with Crippen molar-refractivity contribution in [2.45, 2.75) is 30.1 Å². The average molecular weight is 387 g/mol. The number of hydrogen-bond donors (Lipinski definition) is 2. The van der Waals surface area contributed by atoms with Crippen molar-refractivity contribution in [2.24, 2.45) is 0 Å². The lowest BCUT2D eigenvalue weighted by atomic mass is 10.2. The van der Waals surface area contributed by atoms with Gasteiger partial charge in [-0.25, -0.2) is 13.1 Å². The van der Waals surface area contributed by atoms with Gasteiger partial charge in [-0.15, -0.1) is 23.7 Å². The van der Waals surface area contributed by atoms with E-state index < -0.39 is 10.0 Å². The van der Waals surface area contributed by atoms with Crippen LogP contribution in [0.1, 0.15) is 18.6 Å². The monoisotopic (exact) mass is 386 g/mol. The van der Waals surface area contributed by atoms with Crippen molar-refractivity contribution in [3.05, 3.63) is 28.2 Å². The number of likely N-dealkylation sites (N-methyl/N-ethyl adjacent to an activating group) is 1. The lowest BCUT2D eigenvalue weighted by Crippen LogP contribution is -2.24. The molecule has 0 bridgehead atoms. The summed E-state index contributed by atoms with van der Waals surface area (Å²) in [6.45, 7) is 1.93. The van der Waals surface area contributed by atoms with Gasteiger partial charge in [0.25, 0.3) is 10.0 Å². The molecule has 7 nitrogen and oxygen atoms in total. The van der Waals surface area contributed by atoms with Crippen LogP contribution in [0.25, 0.3) is 0 Å². The second-order valence-corrected chi connectivity index (χ2v) is 8.09. The van der Waals surface area contributed by atoms with Crippen LogP contribution < -0.4 is 10.0 Å². The Morgan fingerprint density at radius 1 is 1.45 bits per heavy atom. The predicted molar refractivity (Wildman–Crippen MR) is 87.1 cm³/mol. The largest absolute Gasteiger partial charge is 0.338 e. The Morgan fingerprint density at radius 2 is 2.18 bits per heavy atom. The summed E-state index contributed by atoms with van der Waals surface area (Å²) >= 11 is 6.72. The third-order valence-electron chi connectivity index (χ3n) is 2.72. The summed E-state index contributed by atoms with van der Waals surface area (Å²) in [5, 5.41) is 6.86. The van der Waals surface area contributed by atoms with Gasteiger partial charge >= 0.3 is 0 Å². The SMILES string of the molecule is CNC(C)Cc1noc(CNS(=O)(=O)c2ccc(Cl)s2)n1.Cl. The number of thiophene rings is 1. The number of halogens is 2. The Labute approximate surface area is 143 Å². The first kappa shape index (κ1) is 19.3. The third kappa shape index (κ3) is 5.18. The van der Waals surface area contributed by atoms with Crippen LogP contribution in [0.5, 0.6) is 0 Å². The molecule has 2 heterocycles. The summed E-state index contributed by atoms with van der Waals surface area (Å²) in [7, 11) is -1.77. The van der Waals surface area contributed by atoms with Gasteiger partial charge in [0, 0.05) is 12.5 Å². The molecule has 0 aliphatic rings. The number of rotatable bonds is 7. The molecule has 0 spiro atoms. The topological polar surface area (TPSA) is 97.1 Å². The Balaban J connectivity index is 0.00000242. The minimum absolute atomic E-state index is 0. The van der Waals surface area contributed by atoms with Crippen molar-refractivity contribution in [3.8, 4) is 0 Å². The van der Waals surface area contributed by atoms with E-state index in [-0.39, 0.29) is 35.1 Å². The molecule has 2 aromatic rings. The smallest absolute Gasteiger partial charge is 0.250 e. The van der Waals surface area contributed by atoms with E-state index in [1.54, 1.807) is 0 Å². The number of hydrogen-bond acceptors (Lipinski definition) is 7. The van der Waals surface area contributed by atoms with E-state index in [2.05, 4.69) is 20.2 Å². The van der Waals surface area contributed by atoms with Crippen LogP contribution in [-0.4, -0.2) is 31.6 Å². The van der Waals surface area contributed by atoms with Gasteiger partial charge < -0.3 is 9.84 Å². The molecule has 0 aliphatic carbocycles. The molecule has 0 aromatic carbocycles. The van der Waals surface area contributed by atoms with Gasteiger partial charge in [-0.2, -0.15) is 4.98 Å². The number of nitrogens with zero attached hydrogens (tertiary/aromatic N) is 2. The first-order chi connectivity index (χ1) is 9.90. The number of aromatic nitrogens is 2. The van der Waals surface area contributed by atoms with Crippen molar-refractivity contribution < 1.29 is 12.9 Å². The number of sulfonamides is 1. The lowest BCUT2D eigenvalue weighted by Gasteiger charge is -2.04. The van der Waals surface area contributed by atoms with Gasteiger partial charge in [-0.1, -0.05) is 16.8 Å². The maximum absolute atomic E-state index is 12.0. The molecule has 0 saturated carbocycles. The van der Waals surface area contributed by atoms with Crippen molar-refractivity contribution in [3.63, 3.8) is 0 Å². The highest BCUT2D eigenvalue weighted by molar-refractivity contribution is 7.91.